The maximum atomic E-state index is 11.3. The zero-order chi connectivity index (χ0) is 23.4. The Morgan fingerprint density at radius 1 is 1.09 bits per heavy atom. The number of nitrogens with one attached hydrogen (secondary N) is 1. The number of aromatic nitrogens is 2. The van der Waals surface area contributed by atoms with E-state index in [2.05, 4.69) is 43.1 Å². The molecule has 0 saturated carbocycles. The van der Waals surface area contributed by atoms with Crippen LogP contribution in [0.2, 0.25) is 0 Å². The lowest BCUT2D eigenvalue weighted by Gasteiger charge is -2.18. The predicted molar refractivity (Wildman–Crippen MR) is 130 cm³/mol. The van der Waals surface area contributed by atoms with E-state index in [1.54, 1.807) is 18.2 Å². The Kier molecular flexibility index (Phi) is 6.55. The SMILES string of the molecule is CCCCc1cc(C(CC)c2nc3ccc(C(=O)O)cc3[nH]2)ccc1-c1ccccc1C#N. The number of aromatic amines is 1. The van der Waals surface area contributed by atoms with Gasteiger partial charge in [-0.15, -0.1) is 0 Å². The summed E-state index contributed by atoms with van der Waals surface area (Å²) in [6, 6.07) is 21.5. The molecule has 0 radical (unpaired) electrons. The fraction of sp³-hybridized carbons (Fsp3) is 0.250. The Morgan fingerprint density at radius 3 is 2.64 bits per heavy atom. The molecule has 0 saturated heterocycles. The lowest BCUT2D eigenvalue weighted by molar-refractivity contribution is 0.0697. The van der Waals surface area contributed by atoms with Gasteiger partial charge in [0.2, 0.25) is 0 Å². The van der Waals surface area contributed by atoms with Crippen LogP contribution in [0.4, 0.5) is 0 Å². The summed E-state index contributed by atoms with van der Waals surface area (Å²) in [5, 5.41) is 18.9. The fourth-order valence-electron chi connectivity index (χ4n) is 4.40. The van der Waals surface area contributed by atoms with Gasteiger partial charge in [-0.1, -0.05) is 56.7 Å². The highest BCUT2D eigenvalue weighted by molar-refractivity contribution is 5.92. The molecular weight excluding hydrogens is 410 g/mol. The second-order valence-electron chi connectivity index (χ2n) is 8.30. The Bertz CT molecular complexity index is 1350. The van der Waals surface area contributed by atoms with E-state index in [0.29, 0.717) is 5.56 Å². The molecular formula is C28H27N3O2. The number of hydrogen-bond acceptors (Lipinski definition) is 3. The molecule has 0 spiro atoms. The molecule has 4 rings (SSSR count). The number of imidazole rings is 1. The van der Waals surface area contributed by atoms with Crippen LogP contribution in [-0.2, 0) is 6.42 Å². The normalized spacial score (nSPS) is 11.9. The number of rotatable bonds is 8. The third-order valence-electron chi connectivity index (χ3n) is 6.15. The molecule has 1 atom stereocenters. The number of fused-ring (bicyclic) bond motifs is 1. The highest BCUT2D eigenvalue weighted by atomic mass is 16.4. The summed E-state index contributed by atoms with van der Waals surface area (Å²) >= 11 is 0. The molecule has 2 N–H and O–H groups in total. The van der Waals surface area contributed by atoms with Gasteiger partial charge in [-0.2, -0.15) is 5.26 Å². The molecule has 5 heteroatoms. The zero-order valence-electron chi connectivity index (χ0n) is 18.9. The molecule has 0 bridgehead atoms. The van der Waals surface area contributed by atoms with Crippen molar-refractivity contribution in [1.29, 1.82) is 5.26 Å². The van der Waals surface area contributed by atoms with E-state index in [0.717, 1.165) is 53.7 Å². The van der Waals surface area contributed by atoms with Crippen molar-refractivity contribution in [3.8, 4) is 17.2 Å². The second kappa shape index (κ2) is 9.70. The van der Waals surface area contributed by atoms with Gasteiger partial charge >= 0.3 is 5.97 Å². The van der Waals surface area contributed by atoms with Gasteiger partial charge in [0.05, 0.1) is 28.2 Å². The van der Waals surface area contributed by atoms with E-state index in [1.165, 1.54) is 11.1 Å². The molecule has 1 unspecified atom stereocenters. The number of unbranched alkanes of at least 4 members (excludes halogenated alkanes) is 1. The average Bonchev–Trinajstić information content (AvgIpc) is 3.26. The third-order valence-corrected chi connectivity index (χ3v) is 6.15. The first-order valence-corrected chi connectivity index (χ1v) is 11.4. The number of nitriles is 1. The Balaban J connectivity index is 1.78. The first-order valence-electron chi connectivity index (χ1n) is 11.4. The van der Waals surface area contributed by atoms with Gasteiger partial charge in [0, 0.05) is 5.92 Å². The van der Waals surface area contributed by atoms with Gasteiger partial charge in [0.15, 0.2) is 0 Å². The van der Waals surface area contributed by atoms with Crippen molar-refractivity contribution in [3.05, 3.63) is 88.7 Å². The molecule has 0 fully saturated rings. The monoisotopic (exact) mass is 437 g/mol. The van der Waals surface area contributed by atoms with Gasteiger partial charge in [0.25, 0.3) is 0 Å². The van der Waals surface area contributed by atoms with Crippen molar-refractivity contribution in [2.45, 2.75) is 45.4 Å². The van der Waals surface area contributed by atoms with Crippen LogP contribution in [-0.4, -0.2) is 21.0 Å². The minimum atomic E-state index is -0.950. The van der Waals surface area contributed by atoms with E-state index in [4.69, 9.17) is 4.98 Å². The molecule has 1 aromatic heterocycles. The van der Waals surface area contributed by atoms with Gasteiger partial charge in [-0.25, -0.2) is 9.78 Å². The predicted octanol–water partition coefficient (Wildman–Crippen LogP) is 6.68. The maximum Gasteiger partial charge on any atom is 0.335 e. The summed E-state index contributed by atoms with van der Waals surface area (Å²) in [7, 11) is 0. The summed E-state index contributed by atoms with van der Waals surface area (Å²) < 4.78 is 0. The minimum Gasteiger partial charge on any atom is -0.478 e. The second-order valence-corrected chi connectivity index (χ2v) is 8.30. The smallest absolute Gasteiger partial charge is 0.335 e. The van der Waals surface area contributed by atoms with Crippen molar-refractivity contribution in [2.75, 3.05) is 0 Å². The standard InChI is InChI=1S/C28H27N3O2/c1-3-5-8-18-15-19(11-13-24(18)23-10-7-6-9-21(23)17-29)22(4-2)27-30-25-14-12-20(28(32)33)16-26(25)31-27/h6-7,9-16,22H,3-5,8H2,1-2H3,(H,30,31)(H,32,33). The molecule has 1 heterocycles. The highest BCUT2D eigenvalue weighted by Crippen LogP contribution is 2.34. The van der Waals surface area contributed by atoms with E-state index in [-0.39, 0.29) is 11.5 Å². The third kappa shape index (κ3) is 4.51. The van der Waals surface area contributed by atoms with Crippen LogP contribution < -0.4 is 0 Å². The lowest BCUT2D eigenvalue weighted by Crippen LogP contribution is -2.04. The molecule has 33 heavy (non-hydrogen) atoms. The summed E-state index contributed by atoms with van der Waals surface area (Å²) in [4.78, 5) is 19.4. The topological polar surface area (TPSA) is 89.8 Å². The van der Waals surface area contributed by atoms with Gasteiger partial charge in [0.1, 0.15) is 5.82 Å². The highest BCUT2D eigenvalue weighted by Gasteiger charge is 2.19. The average molecular weight is 438 g/mol. The fourth-order valence-corrected chi connectivity index (χ4v) is 4.40. The van der Waals surface area contributed by atoms with Gasteiger partial charge < -0.3 is 10.1 Å². The number of aromatic carboxylic acids is 1. The summed E-state index contributed by atoms with van der Waals surface area (Å²) in [6.45, 7) is 4.31. The number of benzene rings is 3. The molecule has 3 aromatic carbocycles. The van der Waals surface area contributed by atoms with Gasteiger partial charge in [-0.3, -0.25) is 0 Å². The van der Waals surface area contributed by atoms with Crippen LogP contribution >= 0.6 is 0 Å². The summed E-state index contributed by atoms with van der Waals surface area (Å²) in [6.07, 6.45) is 3.96. The van der Waals surface area contributed by atoms with Crippen molar-refractivity contribution in [1.82, 2.24) is 9.97 Å². The van der Waals surface area contributed by atoms with Crippen LogP contribution in [0.25, 0.3) is 22.2 Å². The largest absolute Gasteiger partial charge is 0.478 e. The molecule has 0 aliphatic rings. The molecule has 166 valence electrons. The zero-order valence-corrected chi connectivity index (χ0v) is 18.9. The quantitative estimate of drug-likeness (QED) is 0.321. The Labute approximate surface area is 193 Å². The molecule has 5 nitrogen and oxygen atoms in total. The minimum absolute atomic E-state index is 0.0614. The summed E-state index contributed by atoms with van der Waals surface area (Å²) in [5.41, 5.74) is 6.90. The van der Waals surface area contributed by atoms with E-state index in [1.807, 2.05) is 24.3 Å². The first-order chi connectivity index (χ1) is 16.0. The maximum absolute atomic E-state index is 11.3. The number of nitrogens with zero attached hydrogens (tertiary/aromatic N) is 2. The van der Waals surface area contributed by atoms with Crippen LogP contribution in [0.3, 0.4) is 0 Å². The van der Waals surface area contributed by atoms with E-state index >= 15 is 0 Å². The molecule has 0 amide bonds. The van der Waals surface area contributed by atoms with E-state index < -0.39 is 5.97 Å². The molecule has 0 aliphatic heterocycles. The molecule has 4 aromatic rings. The number of H-pyrrole nitrogens is 1. The number of aryl methyl sites for hydroxylation is 1. The van der Waals surface area contributed by atoms with Crippen LogP contribution in [0, 0.1) is 11.3 Å². The van der Waals surface area contributed by atoms with Crippen molar-refractivity contribution < 1.29 is 9.90 Å². The van der Waals surface area contributed by atoms with Crippen molar-refractivity contribution >= 4 is 17.0 Å². The van der Waals surface area contributed by atoms with Crippen molar-refractivity contribution in [2.24, 2.45) is 0 Å². The van der Waals surface area contributed by atoms with Crippen LogP contribution in [0.15, 0.2) is 60.7 Å². The van der Waals surface area contributed by atoms with Gasteiger partial charge in [-0.05, 0) is 65.8 Å². The summed E-state index contributed by atoms with van der Waals surface area (Å²) in [5.74, 6) is -0.0538. The Hall–Kier alpha value is -3.91. The lowest BCUT2D eigenvalue weighted by atomic mass is 9.87. The number of carbonyl (C=O) groups is 1. The van der Waals surface area contributed by atoms with Crippen LogP contribution in [0.5, 0.6) is 0 Å². The number of carboxylic acid groups (broad SMARTS) is 1. The van der Waals surface area contributed by atoms with Crippen molar-refractivity contribution in [3.63, 3.8) is 0 Å². The Morgan fingerprint density at radius 2 is 1.91 bits per heavy atom. The van der Waals surface area contributed by atoms with E-state index in [9.17, 15) is 15.2 Å². The number of carboxylic acids is 1. The van der Waals surface area contributed by atoms with Crippen LogP contribution in [0.1, 0.15) is 71.9 Å². The first kappa shape index (κ1) is 22.3. The molecule has 0 aliphatic carbocycles. The number of hydrogen-bond donors (Lipinski definition) is 2.